The molecular weight excluding hydrogens is 647 g/mol. The van der Waals surface area contributed by atoms with Gasteiger partial charge < -0.3 is 9.16 Å². The predicted molar refractivity (Wildman–Crippen MR) is 207 cm³/mol. The van der Waals surface area contributed by atoms with Gasteiger partial charge in [0.1, 0.15) is 29.6 Å². The number of cyclic esters (lactones) is 1. The van der Waals surface area contributed by atoms with E-state index in [2.05, 4.69) is 125 Å². The van der Waals surface area contributed by atoms with Gasteiger partial charge >= 0.3 is 5.97 Å². The quantitative estimate of drug-likeness (QED) is 0.127. The Balaban J connectivity index is 2.60. The molecule has 1 aliphatic heterocycles. The lowest BCUT2D eigenvalue weighted by Crippen LogP contribution is -2.51. The summed E-state index contributed by atoms with van der Waals surface area (Å²) in [7, 11) is -2.22. The number of esters is 1. The topological polar surface area (TPSA) is 57.7 Å². The molecule has 0 saturated heterocycles. The Bertz CT molecular complexity index is 1240. The molecule has 1 aliphatic rings. The van der Waals surface area contributed by atoms with Gasteiger partial charge in [0.25, 0.3) is 0 Å². The van der Waals surface area contributed by atoms with Gasteiger partial charge in [-0.2, -0.15) is 4.18 Å². The van der Waals surface area contributed by atoms with Crippen LogP contribution in [0.3, 0.4) is 0 Å². The van der Waals surface area contributed by atoms with Crippen molar-refractivity contribution >= 4 is 54.6 Å². The van der Waals surface area contributed by atoms with E-state index in [1.54, 1.807) is 11.3 Å². The average Bonchev–Trinajstić information content (AvgIpc) is 3.30. The minimum Gasteiger partial charge on any atom is -0.457 e. The molecule has 0 saturated carbocycles. The van der Waals surface area contributed by atoms with Crippen LogP contribution in [-0.2, 0) is 29.3 Å². The Labute approximate surface area is 294 Å². The van der Waals surface area contributed by atoms with Gasteiger partial charge in [0.05, 0.1) is 23.2 Å². The molecule has 0 N–H and O–H groups in total. The zero-order chi connectivity index (χ0) is 35.3. The standard InChI is InChI=1S/C37H64NO4S3Si/c1-25-18-17-19-26(2)34(41-45(14)35(6,7)8)28(4)44-37(12,13)32(42-46(15,16)36(9,10)11)23-33(39)40-31(21-20-25)27(3)22-30-24-43-29(5)38-30/h17,19-20,22,24,26,28,31-32,34H,18,21,23H2,1-16H3/q+1/b19-17-,25-20-,27-22+/t26-,28+,31-,32+,34-,45?/m0/s1. The van der Waals surface area contributed by atoms with Gasteiger partial charge in [-0.25, -0.2) is 4.98 Å². The lowest BCUT2D eigenvalue weighted by Gasteiger charge is -2.45. The van der Waals surface area contributed by atoms with Gasteiger partial charge in [0.15, 0.2) is 13.1 Å². The van der Waals surface area contributed by atoms with Gasteiger partial charge in [0, 0.05) is 27.7 Å². The number of aromatic nitrogens is 1. The summed E-state index contributed by atoms with van der Waals surface area (Å²) in [5.41, 5.74) is 3.15. The maximum absolute atomic E-state index is 13.9. The number of thioether (sulfide) groups is 1. The molecule has 5 nitrogen and oxygen atoms in total. The summed E-state index contributed by atoms with van der Waals surface area (Å²) in [5, 5.41) is 3.24. The first-order chi connectivity index (χ1) is 20.9. The summed E-state index contributed by atoms with van der Waals surface area (Å²) in [6.45, 7) is 33.3. The lowest BCUT2D eigenvalue weighted by atomic mass is 9.99. The molecule has 262 valence electrons. The van der Waals surface area contributed by atoms with Crippen molar-refractivity contribution < 1.29 is 18.1 Å². The highest BCUT2D eigenvalue weighted by Crippen LogP contribution is 2.44. The summed E-state index contributed by atoms with van der Waals surface area (Å²) in [6, 6.07) is 0. The number of thiazole rings is 1. The molecule has 0 aromatic carbocycles. The molecule has 1 aromatic rings. The minimum absolute atomic E-state index is 0.00256. The maximum atomic E-state index is 13.9. The second kappa shape index (κ2) is 16.7. The van der Waals surface area contributed by atoms with E-state index < -0.39 is 8.32 Å². The number of ether oxygens (including phenoxy) is 1. The predicted octanol–water partition coefficient (Wildman–Crippen LogP) is 10.7. The van der Waals surface area contributed by atoms with Crippen LogP contribution in [0.25, 0.3) is 6.08 Å². The highest BCUT2D eigenvalue weighted by atomic mass is 32.2. The van der Waals surface area contributed by atoms with E-state index in [0.717, 1.165) is 22.7 Å². The van der Waals surface area contributed by atoms with Crippen LogP contribution in [0, 0.1) is 12.8 Å². The van der Waals surface area contributed by atoms with E-state index in [-0.39, 0.29) is 67.6 Å². The van der Waals surface area contributed by atoms with Gasteiger partial charge in [-0.1, -0.05) is 58.4 Å². The Hall–Kier alpha value is -0.843. The van der Waals surface area contributed by atoms with Gasteiger partial charge in [-0.3, -0.25) is 4.79 Å². The van der Waals surface area contributed by atoms with E-state index in [9.17, 15) is 4.79 Å². The van der Waals surface area contributed by atoms with Crippen molar-refractivity contribution in [3.63, 3.8) is 0 Å². The van der Waals surface area contributed by atoms with Crippen LogP contribution in [0.1, 0.15) is 113 Å². The normalized spacial score (nSPS) is 29.0. The molecule has 6 atom stereocenters. The first kappa shape index (κ1) is 41.3. The summed E-state index contributed by atoms with van der Waals surface area (Å²) >= 11 is 3.28. The molecule has 0 fully saturated rings. The Morgan fingerprint density at radius 1 is 1.15 bits per heavy atom. The Morgan fingerprint density at radius 3 is 2.33 bits per heavy atom. The van der Waals surface area contributed by atoms with Crippen LogP contribution in [0.15, 0.2) is 34.8 Å². The number of nitrogens with zero attached hydrogens (tertiary/aromatic N) is 1. The third kappa shape index (κ3) is 12.6. The largest absolute Gasteiger partial charge is 0.457 e. The first-order valence-electron chi connectivity index (χ1n) is 16.7. The highest BCUT2D eigenvalue weighted by Gasteiger charge is 2.46. The van der Waals surface area contributed by atoms with Crippen molar-refractivity contribution in [1.82, 2.24) is 4.98 Å². The van der Waals surface area contributed by atoms with E-state index >= 15 is 0 Å². The van der Waals surface area contributed by atoms with Crippen molar-refractivity contribution in [3.05, 3.63) is 45.5 Å². The molecule has 0 spiro atoms. The first-order valence-corrected chi connectivity index (χ1v) is 23.0. The Morgan fingerprint density at radius 2 is 1.78 bits per heavy atom. The zero-order valence-electron chi connectivity index (χ0n) is 31.7. The number of aryl methyl sites for hydroxylation is 1. The molecule has 2 heterocycles. The van der Waals surface area contributed by atoms with Gasteiger partial charge in [0.2, 0.25) is 0 Å². The maximum Gasteiger partial charge on any atom is 0.309 e. The SMILES string of the molecule is C/C1=C/C[C@@H](/C(C)=C/c2csc(C)n2)OC(=O)C[C@@H](O[Si](C)(C)C(C)(C)C)C(C)(C)S[C@H](C)[C@@H](O[S+](C)C(C)(C)C)[C@@H](C)/C=C\C1. The van der Waals surface area contributed by atoms with Gasteiger partial charge in [-0.15, -0.1) is 23.1 Å². The van der Waals surface area contributed by atoms with Crippen molar-refractivity contribution in [2.75, 3.05) is 6.26 Å². The number of hydrogen-bond donors (Lipinski definition) is 0. The molecule has 0 bridgehead atoms. The molecule has 46 heavy (non-hydrogen) atoms. The lowest BCUT2D eigenvalue weighted by molar-refractivity contribution is -0.149. The average molecular weight is 711 g/mol. The number of carbonyl (C=O) groups excluding carboxylic acids is 1. The second-order valence-electron chi connectivity index (χ2n) is 16.1. The van der Waals surface area contributed by atoms with E-state index in [4.69, 9.17) is 13.3 Å². The monoisotopic (exact) mass is 710 g/mol. The van der Waals surface area contributed by atoms with Crippen LogP contribution < -0.4 is 0 Å². The summed E-state index contributed by atoms with van der Waals surface area (Å²) in [5.74, 6) is -0.000169. The van der Waals surface area contributed by atoms with Crippen LogP contribution >= 0.6 is 23.1 Å². The smallest absolute Gasteiger partial charge is 0.309 e. The van der Waals surface area contributed by atoms with Crippen LogP contribution in [0.4, 0.5) is 0 Å². The number of hydrogen-bond acceptors (Lipinski definition) is 7. The molecule has 0 amide bonds. The number of rotatable bonds is 6. The van der Waals surface area contributed by atoms with Crippen molar-refractivity contribution in [3.8, 4) is 0 Å². The summed E-state index contributed by atoms with van der Waals surface area (Å²) in [6.07, 6.45) is 12.1. The number of carbonyl (C=O) groups is 1. The van der Waals surface area contributed by atoms with E-state index in [0.29, 0.717) is 6.42 Å². The fourth-order valence-electron chi connectivity index (χ4n) is 4.92. The van der Waals surface area contributed by atoms with Crippen LogP contribution in [0.2, 0.25) is 18.1 Å². The molecule has 0 aliphatic carbocycles. The summed E-state index contributed by atoms with van der Waals surface area (Å²) in [4.78, 5) is 18.5. The number of allylic oxidation sites excluding steroid dienone is 2. The fraction of sp³-hybridized carbons (Fsp3) is 0.730. The Kier molecular flexibility index (Phi) is 15.0. The third-order valence-electron chi connectivity index (χ3n) is 9.31. The zero-order valence-corrected chi connectivity index (χ0v) is 35.1. The molecule has 1 unspecified atom stereocenters. The van der Waals surface area contributed by atoms with E-state index in [1.807, 2.05) is 31.0 Å². The van der Waals surface area contributed by atoms with Crippen molar-refractivity contribution in [1.29, 1.82) is 0 Å². The van der Waals surface area contributed by atoms with Crippen molar-refractivity contribution in [2.45, 2.75) is 160 Å². The molecule has 0 radical (unpaired) electrons. The highest BCUT2D eigenvalue weighted by molar-refractivity contribution is 8.01. The van der Waals surface area contributed by atoms with Crippen LogP contribution in [-0.4, -0.2) is 58.6 Å². The second-order valence-corrected chi connectivity index (χ2v) is 26.2. The van der Waals surface area contributed by atoms with Gasteiger partial charge in [-0.05, 0) is 91.6 Å². The van der Waals surface area contributed by atoms with Crippen molar-refractivity contribution in [2.24, 2.45) is 5.92 Å². The van der Waals surface area contributed by atoms with Crippen LogP contribution in [0.5, 0.6) is 0 Å². The molecule has 2 rings (SSSR count). The summed E-state index contributed by atoms with van der Waals surface area (Å²) < 4.78 is 20.0. The fourth-order valence-corrected chi connectivity index (χ4v) is 9.73. The minimum atomic E-state index is -2.22. The molecule has 9 heteroatoms. The molecule has 1 aromatic heterocycles. The molecular formula is C37H64NO4S3Si+. The third-order valence-corrected chi connectivity index (χ3v) is 18.3. The van der Waals surface area contributed by atoms with E-state index in [1.165, 1.54) is 5.57 Å².